The summed E-state index contributed by atoms with van der Waals surface area (Å²) in [6.45, 7) is 3.34. The van der Waals surface area contributed by atoms with E-state index in [0.29, 0.717) is 0 Å². The lowest BCUT2D eigenvalue weighted by Gasteiger charge is -2.30. The highest BCUT2D eigenvalue weighted by Gasteiger charge is 2.21. The second-order valence-corrected chi connectivity index (χ2v) is 9.54. The number of nitrogens with one attached hydrogen (secondary N) is 8. The Balaban J connectivity index is 1.31. The van der Waals surface area contributed by atoms with Crippen LogP contribution in [-0.2, 0) is 25.7 Å². The largest absolute Gasteiger partial charge is 0.348 e. The zero-order valence-electron chi connectivity index (χ0n) is 20.4. The predicted octanol–water partition coefficient (Wildman–Crippen LogP) is -0.304. The summed E-state index contributed by atoms with van der Waals surface area (Å²) in [7, 11) is 0. The molecule has 4 aromatic rings. The molecular weight excluding hydrogens is 456 g/mol. The van der Waals surface area contributed by atoms with Crippen molar-refractivity contribution in [3.8, 4) is 0 Å². The molecule has 1 aliphatic rings. The normalized spacial score (nSPS) is 24.2. The third kappa shape index (κ3) is 7.34. The van der Waals surface area contributed by atoms with Crippen LogP contribution in [-0.4, -0.2) is 90.2 Å². The first-order valence-electron chi connectivity index (χ1n) is 12.6. The van der Waals surface area contributed by atoms with Crippen LogP contribution >= 0.6 is 0 Å². The molecule has 0 unspecified atom stereocenters. The van der Waals surface area contributed by atoms with Crippen LogP contribution in [0.4, 0.5) is 0 Å². The topological polar surface area (TPSA) is 163 Å². The van der Waals surface area contributed by atoms with Crippen LogP contribution in [0.15, 0.2) is 50.1 Å². The maximum absolute atomic E-state index is 4.20. The minimum Gasteiger partial charge on any atom is -0.348 e. The molecular formula is C24H36N12. The highest BCUT2D eigenvalue weighted by molar-refractivity contribution is 5.04. The van der Waals surface area contributed by atoms with Gasteiger partial charge in [0.15, 0.2) is 0 Å². The Morgan fingerprint density at radius 1 is 0.444 bits per heavy atom. The van der Waals surface area contributed by atoms with Crippen LogP contribution < -0.4 is 21.3 Å². The molecule has 0 amide bonds. The Kier molecular flexibility index (Phi) is 8.52. The summed E-state index contributed by atoms with van der Waals surface area (Å²) in [4.78, 5) is 29.8. The molecule has 0 spiro atoms. The van der Waals surface area contributed by atoms with E-state index in [-0.39, 0.29) is 24.2 Å². The molecule has 1 fully saturated rings. The molecule has 12 nitrogen and oxygen atoms in total. The summed E-state index contributed by atoms with van der Waals surface area (Å²) in [5, 5.41) is 15.3. The number of hydrogen-bond donors (Lipinski definition) is 8. The van der Waals surface area contributed by atoms with Gasteiger partial charge in [-0.25, -0.2) is 19.9 Å². The molecule has 5 heterocycles. The van der Waals surface area contributed by atoms with Gasteiger partial charge in [-0.3, -0.25) is 0 Å². The van der Waals surface area contributed by atoms with Crippen molar-refractivity contribution in [1.29, 1.82) is 0 Å². The van der Waals surface area contributed by atoms with Gasteiger partial charge in [-0.05, 0) is 0 Å². The van der Waals surface area contributed by atoms with E-state index in [4.69, 9.17) is 0 Å². The number of H-pyrrole nitrogens is 4. The second kappa shape index (κ2) is 12.6. The highest BCUT2D eigenvalue weighted by atomic mass is 15.1. The number of aromatic nitrogens is 8. The molecule has 0 radical (unpaired) electrons. The standard InChI is InChI=1S/C24H36N12/c1(17-5-25-13-33-17)21-9-30-23(3-19-7-27-15-35-19)11-32-24(4-20-8-28-16-36-20)12-31-22(10-29-21)2-18-6-26-14-34-18/h5-8,13-16,21-24,29-32H,1-4,9-12H2,(H,25,33)(H,26,34)(H,27,35)(H,28,36)/t21-,22-,23-,24-/m1/s1. The van der Waals surface area contributed by atoms with Crippen molar-refractivity contribution >= 4 is 0 Å². The van der Waals surface area contributed by atoms with Gasteiger partial charge >= 0.3 is 0 Å². The van der Waals surface area contributed by atoms with Gasteiger partial charge in [0.05, 0.1) is 25.3 Å². The SMILES string of the molecule is c1ncc(C[C@@H]2CN[C@H](Cc3cnc[nH]3)CN[C@H](Cc3cnc[nH]3)CN[C@H](Cc3cnc[nH]3)CN2)[nH]1. The van der Waals surface area contributed by atoms with Crippen molar-refractivity contribution in [2.75, 3.05) is 26.2 Å². The van der Waals surface area contributed by atoms with E-state index in [9.17, 15) is 0 Å². The van der Waals surface area contributed by atoms with Gasteiger partial charge in [-0.2, -0.15) is 0 Å². The zero-order valence-corrected chi connectivity index (χ0v) is 20.4. The molecule has 0 bridgehead atoms. The molecule has 4 aromatic heterocycles. The first-order valence-corrected chi connectivity index (χ1v) is 12.6. The second-order valence-electron chi connectivity index (χ2n) is 9.54. The lowest BCUT2D eigenvalue weighted by atomic mass is 10.0. The van der Waals surface area contributed by atoms with E-state index in [0.717, 1.165) is 74.6 Å². The van der Waals surface area contributed by atoms with Crippen LogP contribution in [0.3, 0.4) is 0 Å². The van der Waals surface area contributed by atoms with Gasteiger partial charge in [-0.15, -0.1) is 0 Å². The molecule has 36 heavy (non-hydrogen) atoms. The molecule has 192 valence electrons. The Morgan fingerprint density at radius 2 is 0.694 bits per heavy atom. The van der Waals surface area contributed by atoms with Crippen molar-refractivity contribution in [3.05, 3.63) is 72.9 Å². The van der Waals surface area contributed by atoms with Gasteiger partial charge in [0, 0.05) is 124 Å². The highest BCUT2D eigenvalue weighted by Crippen LogP contribution is 2.06. The Hall–Kier alpha value is -3.32. The minimum absolute atomic E-state index is 0.251. The fourth-order valence-electron chi connectivity index (χ4n) is 4.75. The molecule has 0 aliphatic carbocycles. The Morgan fingerprint density at radius 3 is 0.889 bits per heavy atom. The molecule has 8 N–H and O–H groups in total. The summed E-state index contributed by atoms with van der Waals surface area (Å²) >= 11 is 0. The van der Waals surface area contributed by atoms with Gasteiger partial charge in [0.25, 0.3) is 0 Å². The number of nitrogens with zero attached hydrogens (tertiary/aromatic N) is 4. The molecule has 1 aliphatic heterocycles. The van der Waals surface area contributed by atoms with Crippen molar-refractivity contribution in [2.45, 2.75) is 49.9 Å². The smallest absolute Gasteiger partial charge is 0.0921 e. The van der Waals surface area contributed by atoms with Crippen LogP contribution in [0.5, 0.6) is 0 Å². The summed E-state index contributed by atoms with van der Waals surface area (Å²) in [5.41, 5.74) is 4.51. The quantitative estimate of drug-likeness (QED) is 0.166. The van der Waals surface area contributed by atoms with Crippen molar-refractivity contribution in [2.24, 2.45) is 0 Å². The third-order valence-corrected chi connectivity index (χ3v) is 6.70. The maximum atomic E-state index is 4.20. The van der Waals surface area contributed by atoms with Gasteiger partial charge < -0.3 is 41.2 Å². The van der Waals surface area contributed by atoms with Crippen LogP contribution in [0.2, 0.25) is 0 Å². The van der Waals surface area contributed by atoms with E-state index in [2.05, 4.69) is 61.1 Å². The maximum Gasteiger partial charge on any atom is 0.0921 e. The van der Waals surface area contributed by atoms with Crippen molar-refractivity contribution in [3.63, 3.8) is 0 Å². The molecule has 4 atom stereocenters. The van der Waals surface area contributed by atoms with Crippen LogP contribution in [0.25, 0.3) is 0 Å². The summed E-state index contributed by atoms with van der Waals surface area (Å²) in [6.07, 6.45) is 18.1. The molecule has 1 saturated heterocycles. The van der Waals surface area contributed by atoms with Gasteiger partial charge in [0.2, 0.25) is 0 Å². The minimum atomic E-state index is 0.251. The van der Waals surface area contributed by atoms with E-state index >= 15 is 0 Å². The average molecular weight is 493 g/mol. The number of rotatable bonds is 8. The zero-order chi connectivity index (χ0) is 24.4. The van der Waals surface area contributed by atoms with Crippen LogP contribution in [0, 0.1) is 0 Å². The fraction of sp³-hybridized carbons (Fsp3) is 0.500. The number of imidazole rings is 4. The van der Waals surface area contributed by atoms with Gasteiger partial charge in [0.1, 0.15) is 0 Å². The fourth-order valence-corrected chi connectivity index (χ4v) is 4.75. The number of aromatic amines is 4. The molecule has 0 aromatic carbocycles. The predicted molar refractivity (Wildman–Crippen MR) is 136 cm³/mol. The van der Waals surface area contributed by atoms with E-state index in [1.807, 2.05) is 24.8 Å². The van der Waals surface area contributed by atoms with E-state index < -0.39 is 0 Å². The van der Waals surface area contributed by atoms with E-state index in [1.165, 1.54) is 0 Å². The molecule has 0 saturated carbocycles. The average Bonchev–Trinajstić information content (AvgIpc) is 3.69. The van der Waals surface area contributed by atoms with E-state index in [1.54, 1.807) is 25.3 Å². The summed E-state index contributed by atoms with van der Waals surface area (Å²) in [6, 6.07) is 1.00. The first-order chi connectivity index (χ1) is 17.8. The van der Waals surface area contributed by atoms with Gasteiger partial charge in [-0.1, -0.05) is 0 Å². The summed E-state index contributed by atoms with van der Waals surface area (Å²) < 4.78 is 0. The third-order valence-electron chi connectivity index (χ3n) is 6.70. The van der Waals surface area contributed by atoms with Crippen molar-refractivity contribution < 1.29 is 0 Å². The monoisotopic (exact) mass is 492 g/mol. The molecule has 12 heteroatoms. The van der Waals surface area contributed by atoms with Crippen molar-refractivity contribution in [1.82, 2.24) is 61.1 Å². The molecule has 5 rings (SSSR count). The number of hydrogen-bond acceptors (Lipinski definition) is 8. The lowest BCUT2D eigenvalue weighted by molar-refractivity contribution is 0.340. The first kappa shape index (κ1) is 24.4. The Bertz CT molecular complexity index is 882. The Labute approximate surface area is 210 Å². The summed E-state index contributed by atoms with van der Waals surface area (Å²) in [5.74, 6) is 0. The lowest BCUT2D eigenvalue weighted by Crippen LogP contribution is -2.55. The van der Waals surface area contributed by atoms with Crippen LogP contribution in [0.1, 0.15) is 22.8 Å².